The molecule has 10 atom stereocenters. The van der Waals surface area contributed by atoms with Gasteiger partial charge in [-0.15, -0.1) is 11.8 Å². The Kier molecular flexibility index (Phi) is 16.8. The van der Waals surface area contributed by atoms with E-state index in [1.165, 1.54) is 16.8 Å². The number of nitrogens with one attached hydrogen (secondary N) is 1. The van der Waals surface area contributed by atoms with Crippen molar-refractivity contribution >= 4 is 46.4 Å². The lowest BCUT2D eigenvalue weighted by atomic mass is 9.89. The van der Waals surface area contributed by atoms with Gasteiger partial charge in [-0.25, -0.2) is 4.79 Å². The zero-order valence-electron chi connectivity index (χ0n) is 36.4. The quantitative estimate of drug-likeness (QED) is 0.382. The zero-order chi connectivity index (χ0) is 43.0. The van der Waals surface area contributed by atoms with Crippen molar-refractivity contribution in [2.24, 2.45) is 28.7 Å². The maximum Gasteiger partial charge on any atom is 0.329 e. The van der Waals surface area contributed by atoms with Crippen LogP contribution in [0.1, 0.15) is 93.1 Å². The Bertz CT molecular complexity index is 1680. The molecule has 3 aliphatic heterocycles. The van der Waals surface area contributed by atoms with Crippen LogP contribution in [0.15, 0.2) is 40.9 Å². The molecule has 58 heavy (non-hydrogen) atoms. The summed E-state index contributed by atoms with van der Waals surface area (Å²) < 4.78 is 11.5. The third-order valence-corrected chi connectivity index (χ3v) is 13.5. The van der Waals surface area contributed by atoms with Gasteiger partial charge in [0.2, 0.25) is 23.6 Å². The number of esters is 1. The number of aliphatic hydroxyl groups excluding tert-OH is 1. The molecule has 1 fully saturated rings. The molecule has 4 rings (SSSR count). The van der Waals surface area contributed by atoms with Gasteiger partial charge in [0, 0.05) is 44.3 Å². The Balaban J connectivity index is 1.73. The first-order chi connectivity index (χ1) is 27.4. The van der Waals surface area contributed by atoms with Gasteiger partial charge in [0.1, 0.15) is 36.0 Å². The Morgan fingerprint density at radius 1 is 0.983 bits per heavy atom. The van der Waals surface area contributed by atoms with Crippen LogP contribution in [-0.4, -0.2) is 130 Å². The molecule has 0 aromatic heterocycles. The third kappa shape index (κ3) is 11.4. The van der Waals surface area contributed by atoms with Crippen LogP contribution < -0.4 is 10.1 Å². The van der Waals surface area contributed by atoms with Gasteiger partial charge in [-0.1, -0.05) is 66.2 Å². The lowest BCUT2D eigenvalue weighted by Crippen LogP contribution is -2.59. The number of likely N-dealkylation sites (N-methyl/N-ethyl adjacent to an activating group) is 2. The third-order valence-electron chi connectivity index (χ3n) is 12.2. The highest BCUT2D eigenvalue weighted by atomic mass is 32.2. The van der Waals surface area contributed by atoms with Crippen LogP contribution in [0.2, 0.25) is 0 Å². The summed E-state index contributed by atoms with van der Waals surface area (Å²) in [5.41, 5.74) is 1.17. The molecular weight excluding hydrogens is 759 g/mol. The van der Waals surface area contributed by atoms with Gasteiger partial charge in [-0.05, 0) is 75.0 Å². The topological polar surface area (TPSA) is 158 Å². The Morgan fingerprint density at radius 3 is 2.28 bits per heavy atom. The van der Waals surface area contributed by atoms with Gasteiger partial charge in [0.25, 0.3) is 0 Å². The molecule has 13 nitrogen and oxygen atoms in total. The summed E-state index contributed by atoms with van der Waals surface area (Å²) in [6.07, 6.45) is 3.52. The van der Waals surface area contributed by atoms with E-state index in [9.17, 15) is 29.1 Å². The number of hydrogen-bond acceptors (Lipinski definition) is 10. The highest BCUT2D eigenvalue weighted by molar-refractivity contribution is 8.14. The monoisotopic (exact) mass is 825 g/mol. The molecule has 1 aromatic rings. The Morgan fingerprint density at radius 2 is 1.66 bits per heavy atom. The maximum absolute atomic E-state index is 14.5. The fourth-order valence-electron chi connectivity index (χ4n) is 8.03. The zero-order valence-corrected chi connectivity index (χ0v) is 37.2. The summed E-state index contributed by atoms with van der Waals surface area (Å²) >= 11 is 1.56. The van der Waals surface area contributed by atoms with E-state index in [2.05, 4.69) is 5.32 Å². The van der Waals surface area contributed by atoms with Crippen molar-refractivity contribution in [3.8, 4) is 5.75 Å². The van der Waals surface area contributed by atoms with E-state index in [4.69, 9.17) is 14.5 Å². The first-order valence-corrected chi connectivity index (χ1v) is 21.9. The molecule has 3 heterocycles. The van der Waals surface area contributed by atoms with E-state index in [1.807, 2.05) is 53.7 Å². The summed E-state index contributed by atoms with van der Waals surface area (Å²) in [5.74, 6) is -1.35. The highest BCUT2D eigenvalue weighted by Gasteiger charge is 2.44. The number of methoxy groups -OCH3 is 1. The number of cyclic esters (lactones) is 1. The molecule has 1 saturated heterocycles. The lowest BCUT2D eigenvalue weighted by Gasteiger charge is -2.38. The number of carbonyl (C=O) groups excluding carboxylic acids is 5. The summed E-state index contributed by atoms with van der Waals surface area (Å²) in [6, 6.07) is 3.22. The van der Waals surface area contributed by atoms with Crippen LogP contribution in [-0.2, 0) is 35.1 Å². The number of ether oxygens (including phenoxy) is 2. The number of fused-ring (bicyclic) bond motifs is 2. The van der Waals surface area contributed by atoms with E-state index in [-0.39, 0.29) is 42.0 Å². The predicted molar refractivity (Wildman–Crippen MR) is 227 cm³/mol. The van der Waals surface area contributed by atoms with Crippen LogP contribution in [0, 0.1) is 23.7 Å². The number of carbonyl (C=O) groups is 5. The molecule has 4 amide bonds. The lowest BCUT2D eigenvalue weighted by molar-refractivity contribution is -0.163. The average Bonchev–Trinajstić information content (AvgIpc) is 3.89. The van der Waals surface area contributed by atoms with Crippen LogP contribution in [0.5, 0.6) is 5.75 Å². The molecule has 0 radical (unpaired) electrons. The van der Waals surface area contributed by atoms with Gasteiger partial charge in [0.05, 0.1) is 24.3 Å². The average molecular weight is 826 g/mol. The molecule has 0 aliphatic carbocycles. The molecule has 1 aromatic carbocycles. The molecule has 0 spiro atoms. The maximum atomic E-state index is 14.5. The van der Waals surface area contributed by atoms with Crippen molar-refractivity contribution in [3.63, 3.8) is 0 Å². The Hall–Kier alpha value is -3.91. The molecule has 2 N–H and O–H groups in total. The molecule has 1 unspecified atom stereocenters. The number of aliphatic imine (C=N–C) groups is 1. The van der Waals surface area contributed by atoms with Crippen LogP contribution >= 0.6 is 11.8 Å². The number of nitrogens with zero attached hydrogens (tertiary/aromatic N) is 4. The summed E-state index contributed by atoms with van der Waals surface area (Å²) in [6.45, 7) is 15.5. The largest absolute Gasteiger partial charge is 0.497 e. The number of amides is 4. The number of hydrogen-bond donors (Lipinski definition) is 2. The van der Waals surface area contributed by atoms with Gasteiger partial charge < -0.3 is 34.6 Å². The molecule has 0 saturated carbocycles. The van der Waals surface area contributed by atoms with Crippen LogP contribution in [0.3, 0.4) is 0 Å². The van der Waals surface area contributed by atoms with E-state index in [0.29, 0.717) is 55.7 Å². The summed E-state index contributed by atoms with van der Waals surface area (Å²) in [7, 11) is 4.67. The number of rotatable bonds is 6. The van der Waals surface area contributed by atoms with Gasteiger partial charge in [0.15, 0.2) is 0 Å². The van der Waals surface area contributed by atoms with Crippen molar-refractivity contribution in [3.05, 3.63) is 41.5 Å². The predicted octanol–water partition coefficient (Wildman–Crippen LogP) is 4.89. The standard InChI is InChI=1S/C44H67N5O8S/c1-12-27(5)38-43(54)49-19-13-14-35(49)44(55)57-37(25(2)3)21-26(4)20-36(50)29(7)40-45-32(24-58-40)22-28(6)39(51)46-34(23-31-15-17-33(56-11)18-16-31)42(53)47(9)30(8)41(52)48(38)10/h15-18,22,25-27,29-30,32,34-38,50H,12-14,19-21,23-24H2,1-11H3,(H,46,51)/b28-22+/t26-,27?,29-,30-,32-,34-,35-,36-,37-,38-/m0/s1. The minimum absolute atomic E-state index is 0.00511. The highest BCUT2D eigenvalue weighted by Crippen LogP contribution is 2.31. The van der Waals surface area contributed by atoms with Crippen LogP contribution in [0.25, 0.3) is 0 Å². The van der Waals surface area contributed by atoms with Crippen molar-refractivity contribution < 1.29 is 38.6 Å². The molecule has 322 valence electrons. The van der Waals surface area contributed by atoms with Gasteiger partial charge >= 0.3 is 5.97 Å². The van der Waals surface area contributed by atoms with Crippen molar-refractivity contribution in [2.45, 2.75) is 136 Å². The van der Waals surface area contributed by atoms with Crippen molar-refractivity contribution in [1.29, 1.82) is 0 Å². The van der Waals surface area contributed by atoms with Gasteiger partial charge in [-0.2, -0.15) is 0 Å². The fourth-order valence-corrected chi connectivity index (χ4v) is 9.17. The fraction of sp³-hybridized carbons (Fsp3) is 0.682. The molecule has 3 aliphatic rings. The summed E-state index contributed by atoms with van der Waals surface area (Å²) in [4.78, 5) is 80.1. The molecular formula is C44H67N5O8S. The van der Waals surface area contributed by atoms with E-state index in [0.717, 1.165) is 10.6 Å². The Labute approximate surface area is 349 Å². The second kappa shape index (κ2) is 20.9. The SMILES string of the molecule is CCC(C)[C@H]1C(=O)N2CCC[C@H]2C(=O)O[C@H](C(C)C)C[C@@H](C)C[C@H](O)[C@H](C)C2=N[C@@H](/C=C(\C)C(=O)N[C@@H](Cc3ccc(OC)cc3)C(=O)N(C)[C@@H](C)C(=O)N1C)CS2. The second-order valence-electron chi connectivity index (χ2n) is 17.0. The van der Waals surface area contributed by atoms with E-state index >= 15 is 0 Å². The smallest absolute Gasteiger partial charge is 0.329 e. The first-order valence-electron chi connectivity index (χ1n) is 20.9. The van der Waals surface area contributed by atoms with Crippen molar-refractivity contribution in [1.82, 2.24) is 20.0 Å². The van der Waals surface area contributed by atoms with Crippen LogP contribution in [0.4, 0.5) is 0 Å². The number of benzene rings is 1. The second-order valence-corrected chi connectivity index (χ2v) is 18.1. The molecule has 14 heteroatoms. The van der Waals surface area contributed by atoms with E-state index < -0.39 is 60.1 Å². The number of thioether (sulfide) groups is 1. The van der Waals surface area contributed by atoms with Crippen molar-refractivity contribution in [2.75, 3.05) is 33.5 Å². The van der Waals surface area contributed by atoms with E-state index in [1.54, 1.807) is 62.9 Å². The normalized spacial score (nSPS) is 31.8. The molecule has 2 bridgehead atoms. The van der Waals surface area contributed by atoms with Gasteiger partial charge in [-0.3, -0.25) is 24.2 Å². The number of aliphatic hydroxyl groups is 1. The minimum Gasteiger partial charge on any atom is -0.497 e. The minimum atomic E-state index is -1.03. The summed E-state index contributed by atoms with van der Waals surface area (Å²) in [5, 5.41) is 15.1. The first kappa shape index (κ1) is 46.8.